The van der Waals surface area contributed by atoms with Crippen molar-refractivity contribution in [2.45, 2.75) is 19.3 Å². The number of amides is 2. The highest BCUT2D eigenvalue weighted by molar-refractivity contribution is 5.87. The minimum absolute atomic E-state index is 0.0184. The molecule has 0 unspecified atom stereocenters. The Bertz CT molecular complexity index is 677. The quantitative estimate of drug-likeness (QED) is 0.933. The first kappa shape index (κ1) is 13.7. The number of hydrogen-bond donors (Lipinski definition) is 1. The number of benzene rings is 1. The van der Waals surface area contributed by atoms with Crippen LogP contribution in [0.1, 0.15) is 18.4 Å². The van der Waals surface area contributed by atoms with Crippen LogP contribution in [0.5, 0.6) is 0 Å². The second-order valence-electron chi connectivity index (χ2n) is 5.51. The van der Waals surface area contributed by atoms with Crippen LogP contribution in [0.3, 0.4) is 0 Å². The smallest absolute Gasteiger partial charge is 0.227 e. The lowest BCUT2D eigenvalue weighted by molar-refractivity contribution is -0.134. The summed E-state index contributed by atoms with van der Waals surface area (Å²) in [6.07, 6.45) is 3.51. The van der Waals surface area contributed by atoms with E-state index in [0.29, 0.717) is 13.1 Å². The third-order valence-corrected chi connectivity index (χ3v) is 4.08. The van der Waals surface area contributed by atoms with Gasteiger partial charge in [0, 0.05) is 24.0 Å². The van der Waals surface area contributed by atoms with Gasteiger partial charge in [0.05, 0.1) is 18.6 Å². The van der Waals surface area contributed by atoms with Gasteiger partial charge < -0.3 is 15.1 Å². The van der Waals surface area contributed by atoms with E-state index >= 15 is 0 Å². The van der Waals surface area contributed by atoms with Gasteiger partial charge in [-0.3, -0.25) is 9.59 Å². The molecule has 1 aliphatic rings. The average molecular weight is 286 g/mol. The van der Waals surface area contributed by atoms with Gasteiger partial charge in [-0.15, -0.1) is 0 Å². The molecule has 0 bridgehead atoms. The number of carbonyl (C=O) groups is 2. The Hall–Kier alpha value is -2.30. The van der Waals surface area contributed by atoms with E-state index in [0.717, 1.165) is 29.4 Å². The van der Waals surface area contributed by atoms with Gasteiger partial charge in [0.1, 0.15) is 5.58 Å². The number of likely N-dealkylation sites (tertiary alicyclic amines) is 1. The van der Waals surface area contributed by atoms with E-state index in [9.17, 15) is 9.59 Å². The van der Waals surface area contributed by atoms with Gasteiger partial charge in [-0.05, 0) is 18.9 Å². The molecule has 1 atom stereocenters. The Labute approximate surface area is 122 Å². The third-order valence-electron chi connectivity index (χ3n) is 4.08. The maximum absolute atomic E-state index is 12.4. The highest BCUT2D eigenvalue weighted by atomic mass is 16.3. The first-order valence-electron chi connectivity index (χ1n) is 7.17. The van der Waals surface area contributed by atoms with E-state index < -0.39 is 0 Å². The van der Waals surface area contributed by atoms with Crippen LogP contribution in [-0.2, 0) is 16.0 Å². The standard InChI is InChI=1S/C16H18N2O3/c17-16(20)13-5-2-7-18(10-13)14(19)9-12-4-1-3-11-6-8-21-15(11)12/h1,3-4,6,8,13H,2,5,7,9-10H2,(H2,17,20)/t13-/m0/s1. The number of fused-ring (bicyclic) bond motifs is 1. The molecule has 21 heavy (non-hydrogen) atoms. The van der Waals surface area contributed by atoms with Crippen LogP contribution in [0, 0.1) is 5.92 Å². The monoisotopic (exact) mass is 286 g/mol. The largest absolute Gasteiger partial charge is 0.464 e. The molecular weight excluding hydrogens is 268 g/mol. The van der Waals surface area contributed by atoms with Crippen LogP contribution in [0.15, 0.2) is 34.9 Å². The highest BCUT2D eigenvalue weighted by Gasteiger charge is 2.27. The number of para-hydroxylation sites is 1. The molecule has 2 aromatic rings. The maximum Gasteiger partial charge on any atom is 0.227 e. The molecule has 1 aromatic carbocycles. The zero-order chi connectivity index (χ0) is 14.8. The molecule has 0 spiro atoms. The van der Waals surface area contributed by atoms with Crippen LogP contribution in [0.25, 0.3) is 11.0 Å². The minimum Gasteiger partial charge on any atom is -0.464 e. The molecule has 1 saturated heterocycles. The molecule has 2 heterocycles. The molecular formula is C16H18N2O3. The molecule has 5 nitrogen and oxygen atoms in total. The summed E-state index contributed by atoms with van der Waals surface area (Å²) >= 11 is 0. The normalized spacial score (nSPS) is 18.9. The Balaban J connectivity index is 1.74. The van der Waals surface area contributed by atoms with Crippen molar-refractivity contribution in [1.29, 1.82) is 0 Å². The number of rotatable bonds is 3. The summed E-state index contributed by atoms with van der Waals surface area (Å²) < 4.78 is 5.45. The molecule has 1 aliphatic heterocycles. The Morgan fingerprint density at radius 2 is 2.19 bits per heavy atom. The van der Waals surface area contributed by atoms with Crippen LogP contribution in [0.4, 0.5) is 0 Å². The number of nitrogens with two attached hydrogens (primary N) is 1. The molecule has 0 saturated carbocycles. The van der Waals surface area contributed by atoms with Crippen molar-refractivity contribution in [3.05, 3.63) is 36.1 Å². The van der Waals surface area contributed by atoms with Gasteiger partial charge in [-0.25, -0.2) is 0 Å². The number of hydrogen-bond acceptors (Lipinski definition) is 3. The lowest BCUT2D eigenvalue weighted by atomic mass is 9.97. The molecule has 0 aliphatic carbocycles. The third kappa shape index (κ3) is 2.77. The molecule has 2 amide bonds. The van der Waals surface area contributed by atoms with Crippen molar-refractivity contribution in [3.8, 4) is 0 Å². The van der Waals surface area contributed by atoms with Crippen molar-refractivity contribution in [2.24, 2.45) is 11.7 Å². The van der Waals surface area contributed by atoms with Crippen molar-refractivity contribution in [3.63, 3.8) is 0 Å². The zero-order valence-electron chi connectivity index (χ0n) is 11.7. The lowest BCUT2D eigenvalue weighted by Crippen LogP contribution is -2.44. The molecule has 1 aromatic heterocycles. The van der Waals surface area contributed by atoms with Crippen molar-refractivity contribution in [1.82, 2.24) is 4.90 Å². The number of piperidine rings is 1. The van der Waals surface area contributed by atoms with Crippen molar-refractivity contribution < 1.29 is 14.0 Å². The van der Waals surface area contributed by atoms with E-state index in [4.69, 9.17) is 10.2 Å². The summed E-state index contributed by atoms with van der Waals surface area (Å²) in [4.78, 5) is 25.5. The predicted molar refractivity (Wildman–Crippen MR) is 78.4 cm³/mol. The fourth-order valence-corrected chi connectivity index (χ4v) is 2.90. The highest BCUT2D eigenvalue weighted by Crippen LogP contribution is 2.22. The summed E-state index contributed by atoms with van der Waals surface area (Å²) in [6, 6.07) is 7.66. The summed E-state index contributed by atoms with van der Waals surface area (Å²) in [7, 11) is 0. The van der Waals surface area contributed by atoms with Gasteiger partial charge >= 0.3 is 0 Å². The van der Waals surface area contributed by atoms with Crippen LogP contribution < -0.4 is 5.73 Å². The number of furan rings is 1. The molecule has 3 rings (SSSR count). The Morgan fingerprint density at radius 1 is 1.33 bits per heavy atom. The second kappa shape index (κ2) is 5.60. The van der Waals surface area contributed by atoms with E-state index in [1.807, 2.05) is 24.3 Å². The van der Waals surface area contributed by atoms with Gasteiger partial charge in [0.25, 0.3) is 0 Å². The second-order valence-corrected chi connectivity index (χ2v) is 5.51. The fraction of sp³-hybridized carbons (Fsp3) is 0.375. The molecule has 5 heteroatoms. The van der Waals surface area contributed by atoms with Crippen LogP contribution >= 0.6 is 0 Å². The Morgan fingerprint density at radius 3 is 3.00 bits per heavy atom. The summed E-state index contributed by atoms with van der Waals surface area (Å²) in [5.41, 5.74) is 6.99. The van der Waals surface area contributed by atoms with E-state index in [1.54, 1.807) is 11.2 Å². The summed E-state index contributed by atoms with van der Waals surface area (Å²) in [6.45, 7) is 1.12. The predicted octanol–water partition coefficient (Wildman–Crippen LogP) is 1.70. The van der Waals surface area contributed by atoms with Crippen LogP contribution in [0.2, 0.25) is 0 Å². The molecule has 0 radical (unpaired) electrons. The minimum atomic E-state index is -0.319. The van der Waals surface area contributed by atoms with Gasteiger partial charge in [0.15, 0.2) is 0 Å². The first-order chi connectivity index (χ1) is 10.1. The average Bonchev–Trinajstić information content (AvgIpc) is 2.97. The van der Waals surface area contributed by atoms with E-state index in [-0.39, 0.29) is 24.2 Å². The van der Waals surface area contributed by atoms with E-state index in [1.165, 1.54) is 0 Å². The number of primary amides is 1. The molecule has 110 valence electrons. The van der Waals surface area contributed by atoms with E-state index in [2.05, 4.69) is 0 Å². The number of carbonyl (C=O) groups excluding carboxylic acids is 2. The fourth-order valence-electron chi connectivity index (χ4n) is 2.90. The number of nitrogens with zero attached hydrogens (tertiary/aromatic N) is 1. The lowest BCUT2D eigenvalue weighted by Gasteiger charge is -2.31. The zero-order valence-corrected chi connectivity index (χ0v) is 11.7. The summed E-state index contributed by atoms with van der Waals surface area (Å²) in [5, 5.41) is 0.994. The Kier molecular flexibility index (Phi) is 3.64. The molecule has 2 N–H and O–H groups in total. The van der Waals surface area contributed by atoms with Gasteiger partial charge in [0.2, 0.25) is 11.8 Å². The first-order valence-corrected chi connectivity index (χ1v) is 7.17. The van der Waals surface area contributed by atoms with Crippen molar-refractivity contribution in [2.75, 3.05) is 13.1 Å². The van der Waals surface area contributed by atoms with Crippen molar-refractivity contribution >= 4 is 22.8 Å². The van der Waals surface area contributed by atoms with Gasteiger partial charge in [-0.2, -0.15) is 0 Å². The SMILES string of the molecule is NC(=O)[C@H]1CCCN(C(=O)Cc2cccc3ccoc23)C1. The topological polar surface area (TPSA) is 76.5 Å². The molecule has 1 fully saturated rings. The van der Waals surface area contributed by atoms with Gasteiger partial charge in [-0.1, -0.05) is 18.2 Å². The van der Waals surface area contributed by atoms with Crippen LogP contribution in [-0.4, -0.2) is 29.8 Å². The maximum atomic E-state index is 12.4. The summed E-state index contributed by atoms with van der Waals surface area (Å²) in [5.74, 6) is -0.521.